The van der Waals surface area contributed by atoms with Gasteiger partial charge in [-0.1, -0.05) is 0 Å². The molecule has 5 heteroatoms. The maximum Gasteiger partial charge on any atom is 0.320 e. The Morgan fingerprint density at radius 3 is 2.75 bits per heavy atom. The van der Waals surface area contributed by atoms with E-state index in [0.717, 1.165) is 26.2 Å². The predicted octanol–water partition coefficient (Wildman–Crippen LogP) is -0.140. The highest BCUT2D eigenvalue weighted by Gasteiger charge is 2.16. The minimum absolute atomic E-state index is 0.157. The Morgan fingerprint density at radius 1 is 1.44 bits per heavy atom. The van der Waals surface area contributed by atoms with Crippen LogP contribution in [0.3, 0.4) is 0 Å². The molecule has 0 spiro atoms. The minimum Gasteiger partial charge on any atom is -0.459 e. The highest BCUT2D eigenvalue weighted by atomic mass is 16.6. The fourth-order valence-corrected chi connectivity index (χ4v) is 1.63. The summed E-state index contributed by atoms with van der Waals surface area (Å²) >= 11 is 0. The van der Waals surface area contributed by atoms with Gasteiger partial charge in [-0.3, -0.25) is 9.69 Å². The molecule has 0 saturated carbocycles. The number of nitrogens with one attached hydrogen (secondary N) is 1. The van der Waals surface area contributed by atoms with Gasteiger partial charge in [0.25, 0.3) is 0 Å². The molecule has 1 aliphatic heterocycles. The predicted molar refractivity (Wildman–Crippen MR) is 61.4 cm³/mol. The molecule has 0 aromatic rings. The molecule has 1 fully saturated rings. The first kappa shape index (κ1) is 13.4. The molecule has 1 saturated heterocycles. The number of carbonyl (C=O) groups excluding carboxylic acids is 1. The summed E-state index contributed by atoms with van der Waals surface area (Å²) in [6.07, 6.45) is -0.157. The second kappa shape index (κ2) is 7.60. The molecule has 94 valence electrons. The van der Waals surface area contributed by atoms with Gasteiger partial charge in [-0.05, 0) is 13.8 Å². The second-order valence-corrected chi connectivity index (χ2v) is 3.99. The zero-order chi connectivity index (χ0) is 11.8. The van der Waals surface area contributed by atoms with E-state index in [9.17, 15) is 4.79 Å². The van der Waals surface area contributed by atoms with Gasteiger partial charge in [0, 0.05) is 32.8 Å². The molecule has 1 aliphatic rings. The first-order chi connectivity index (χ1) is 7.72. The van der Waals surface area contributed by atoms with Gasteiger partial charge in [0.05, 0.1) is 13.2 Å². The van der Waals surface area contributed by atoms with Crippen LogP contribution in [0.1, 0.15) is 13.8 Å². The average Bonchev–Trinajstić information content (AvgIpc) is 2.27. The third-order valence-electron chi connectivity index (χ3n) is 2.45. The van der Waals surface area contributed by atoms with Gasteiger partial charge in [0.1, 0.15) is 6.10 Å². The van der Waals surface area contributed by atoms with E-state index in [0.29, 0.717) is 19.8 Å². The van der Waals surface area contributed by atoms with E-state index in [1.165, 1.54) is 0 Å². The maximum atomic E-state index is 11.5. The third-order valence-corrected chi connectivity index (χ3v) is 2.45. The Kier molecular flexibility index (Phi) is 6.37. The van der Waals surface area contributed by atoms with Crippen molar-refractivity contribution >= 4 is 5.97 Å². The SMILES string of the molecule is CCOCC(C)OC(=O)CN1CCNCC1. The van der Waals surface area contributed by atoms with E-state index >= 15 is 0 Å². The Morgan fingerprint density at radius 2 is 2.12 bits per heavy atom. The van der Waals surface area contributed by atoms with Gasteiger partial charge in [-0.15, -0.1) is 0 Å². The van der Waals surface area contributed by atoms with Crippen LogP contribution in [0, 0.1) is 0 Å². The number of hydrogen-bond donors (Lipinski definition) is 1. The van der Waals surface area contributed by atoms with Gasteiger partial charge < -0.3 is 14.8 Å². The lowest BCUT2D eigenvalue weighted by Crippen LogP contribution is -2.46. The molecule has 1 N–H and O–H groups in total. The summed E-state index contributed by atoms with van der Waals surface area (Å²) in [7, 11) is 0. The van der Waals surface area contributed by atoms with Crippen molar-refractivity contribution in [2.75, 3.05) is 45.9 Å². The van der Waals surface area contributed by atoms with Crippen molar-refractivity contribution in [2.45, 2.75) is 20.0 Å². The first-order valence-corrected chi connectivity index (χ1v) is 5.92. The first-order valence-electron chi connectivity index (χ1n) is 5.92. The van der Waals surface area contributed by atoms with Crippen LogP contribution in [-0.4, -0.2) is 62.9 Å². The van der Waals surface area contributed by atoms with Crippen molar-refractivity contribution in [2.24, 2.45) is 0 Å². The topological polar surface area (TPSA) is 50.8 Å². The number of ether oxygens (including phenoxy) is 2. The van der Waals surface area contributed by atoms with Gasteiger partial charge in [0.15, 0.2) is 0 Å². The van der Waals surface area contributed by atoms with Crippen molar-refractivity contribution in [1.82, 2.24) is 10.2 Å². The van der Waals surface area contributed by atoms with Crippen molar-refractivity contribution in [3.63, 3.8) is 0 Å². The summed E-state index contributed by atoms with van der Waals surface area (Å²) in [5, 5.41) is 3.24. The standard InChI is InChI=1S/C11H22N2O3/c1-3-15-9-10(2)16-11(14)8-13-6-4-12-5-7-13/h10,12H,3-9H2,1-2H3. The lowest BCUT2D eigenvalue weighted by atomic mass is 10.3. The Hall–Kier alpha value is -0.650. The monoisotopic (exact) mass is 230 g/mol. The molecule has 16 heavy (non-hydrogen) atoms. The fourth-order valence-electron chi connectivity index (χ4n) is 1.63. The minimum atomic E-state index is -0.158. The lowest BCUT2D eigenvalue weighted by Gasteiger charge is -2.26. The summed E-state index contributed by atoms with van der Waals surface area (Å²) in [6, 6.07) is 0. The maximum absolute atomic E-state index is 11.5. The number of carbonyl (C=O) groups is 1. The Bertz CT molecular complexity index is 205. The van der Waals surface area contributed by atoms with Gasteiger partial charge in [-0.25, -0.2) is 0 Å². The van der Waals surface area contributed by atoms with Crippen molar-refractivity contribution < 1.29 is 14.3 Å². The summed E-state index contributed by atoms with van der Waals surface area (Å²) in [5.41, 5.74) is 0. The van der Waals surface area contributed by atoms with E-state index in [2.05, 4.69) is 10.2 Å². The average molecular weight is 230 g/mol. The fraction of sp³-hybridized carbons (Fsp3) is 0.909. The summed E-state index contributed by atoms with van der Waals surface area (Å²) in [4.78, 5) is 13.6. The molecule has 5 nitrogen and oxygen atoms in total. The van der Waals surface area contributed by atoms with Gasteiger partial charge in [0.2, 0.25) is 0 Å². The van der Waals surface area contributed by atoms with Crippen molar-refractivity contribution in [1.29, 1.82) is 0 Å². The van der Waals surface area contributed by atoms with Gasteiger partial charge in [-0.2, -0.15) is 0 Å². The van der Waals surface area contributed by atoms with Crippen LogP contribution in [0.25, 0.3) is 0 Å². The zero-order valence-corrected chi connectivity index (χ0v) is 10.2. The molecule has 0 amide bonds. The molecule has 0 aromatic carbocycles. The van der Waals surface area contributed by atoms with Crippen molar-refractivity contribution in [3.8, 4) is 0 Å². The van der Waals surface area contributed by atoms with E-state index in [1.54, 1.807) is 0 Å². The largest absolute Gasteiger partial charge is 0.459 e. The highest BCUT2D eigenvalue weighted by Crippen LogP contribution is 1.97. The van der Waals surface area contributed by atoms with Crippen LogP contribution in [0.4, 0.5) is 0 Å². The molecular weight excluding hydrogens is 208 g/mol. The molecule has 1 heterocycles. The van der Waals surface area contributed by atoms with Crippen LogP contribution < -0.4 is 5.32 Å². The van der Waals surface area contributed by atoms with Crippen LogP contribution in [0.5, 0.6) is 0 Å². The molecule has 0 radical (unpaired) electrons. The molecule has 1 atom stereocenters. The number of nitrogens with zero attached hydrogens (tertiary/aromatic N) is 1. The van der Waals surface area contributed by atoms with E-state index in [1.807, 2.05) is 13.8 Å². The smallest absolute Gasteiger partial charge is 0.320 e. The number of hydrogen-bond acceptors (Lipinski definition) is 5. The van der Waals surface area contributed by atoms with E-state index in [4.69, 9.17) is 9.47 Å². The normalized spacial score (nSPS) is 19.4. The molecule has 1 unspecified atom stereocenters. The Labute approximate surface area is 97.1 Å². The van der Waals surface area contributed by atoms with Crippen LogP contribution in [0.2, 0.25) is 0 Å². The molecule has 0 aliphatic carbocycles. The van der Waals surface area contributed by atoms with Crippen LogP contribution >= 0.6 is 0 Å². The van der Waals surface area contributed by atoms with E-state index < -0.39 is 0 Å². The lowest BCUT2D eigenvalue weighted by molar-refractivity contribution is -0.152. The number of esters is 1. The van der Waals surface area contributed by atoms with Crippen molar-refractivity contribution in [3.05, 3.63) is 0 Å². The van der Waals surface area contributed by atoms with Crippen LogP contribution in [-0.2, 0) is 14.3 Å². The quantitative estimate of drug-likeness (QED) is 0.644. The highest BCUT2D eigenvalue weighted by molar-refractivity contribution is 5.71. The molecule has 0 bridgehead atoms. The zero-order valence-electron chi connectivity index (χ0n) is 10.2. The molecule has 1 rings (SSSR count). The summed E-state index contributed by atoms with van der Waals surface area (Å²) in [6.45, 7) is 9.01. The van der Waals surface area contributed by atoms with Crippen LogP contribution in [0.15, 0.2) is 0 Å². The number of rotatable bonds is 6. The summed E-state index contributed by atoms with van der Waals surface area (Å²) in [5.74, 6) is -0.158. The molecular formula is C11H22N2O3. The summed E-state index contributed by atoms with van der Waals surface area (Å²) < 4.78 is 10.4. The number of piperazine rings is 1. The third kappa shape index (κ3) is 5.44. The van der Waals surface area contributed by atoms with Gasteiger partial charge >= 0.3 is 5.97 Å². The Balaban J connectivity index is 2.13. The van der Waals surface area contributed by atoms with E-state index in [-0.39, 0.29) is 12.1 Å². The second-order valence-electron chi connectivity index (χ2n) is 3.99. The molecule has 0 aromatic heterocycles.